The van der Waals surface area contributed by atoms with E-state index in [0.29, 0.717) is 0 Å². The fraction of sp³-hybridized carbons (Fsp3) is 0.222. The first kappa shape index (κ1) is 11.8. The summed E-state index contributed by atoms with van der Waals surface area (Å²) in [6, 6.07) is 4.46. The van der Waals surface area contributed by atoms with Crippen molar-refractivity contribution in [1.82, 2.24) is 0 Å². The number of nitrogen functional groups attached to an aromatic ring is 1. The van der Waals surface area contributed by atoms with Gasteiger partial charge in [0.1, 0.15) is 6.10 Å². The molecular formula is C9H10ClNO4. The number of carboxylic acid groups (broad SMARTS) is 1. The summed E-state index contributed by atoms with van der Waals surface area (Å²) in [4.78, 5) is 10.4. The molecule has 0 bridgehead atoms. The van der Waals surface area contributed by atoms with Gasteiger partial charge in [0.05, 0.1) is 0 Å². The van der Waals surface area contributed by atoms with Gasteiger partial charge in [-0.05, 0) is 12.1 Å². The number of aliphatic hydroxyl groups excluding tert-OH is 2. The van der Waals surface area contributed by atoms with E-state index < -0.39 is 18.2 Å². The number of anilines is 1. The van der Waals surface area contributed by atoms with Gasteiger partial charge in [-0.2, -0.15) is 0 Å². The minimum Gasteiger partial charge on any atom is -0.479 e. The van der Waals surface area contributed by atoms with Crippen LogP contribution in [0.4, 0.5) is 5.69 Å². The number of hydrogen-bond acceptors (Lipinski definition) is 4. The zero-order chi connectivity index (χ0) is 11.6. The predicted octanol–water partition coefficient (Wildman–Crippen LogP) is 0.401. The summed E-state index contributed by atoms with van der Waals surface area (Å²) in [5.41, 5.74) is 5.67. The second-order valence-corrected chi connectivity index (χ2v) is 3.38. The van der Waals surface area contributed by atoms with Gasteiger partial charge in [0.15, 0.2) is 6.10 Å². The van der Waals surface area contributed by atoms with E-state index in [0.717, 1.165) is 0 Å². The number of carboxylic acids is 1. The Morgan fingerprint density at radius 1 is 1.40 bits per heavy atom. The van der Waals surface area contributed by atoms with E-state index in [2.05, 4.69) is 0 Å². The molecule has 0 saturated carbocycles. The lowest BCUT2D eigenvalue weighted by Crippen LogP contribution is -2.28. The molecule has 5 N–H and O–H groups in total. The molecule has 2 atom stereocenters. The van der Waals surface area contributed by atoms with Crippen LogP contribution >= 0.6 is 11.6 Å². The Kier molecular flexibility index (Phi) is 3.52. The third-order valence-electron chi connectivity index (χ3n) is 1.93. The molecule has 0 fully saturated rings. The lowest BCUT2D eigenvalue weighted by atomic mass is 10.0. The first-order chi connectivity index (χ1) is 6.95. The summed E-state index contributed by atoms with van der Waals surface area (Å²) < 4.78 is 0. The minimum atomic E-state index is -1.95. The molecule has 6 heteroatoms. The normalized spacial score (nSPS) is 14.6. The molecule has 0 heterocycles. The molecule has 0 aromatic heterocycles. The average molecular weight is 232 g/mol. The SMILES string of the molecule is Nc1cccc(Cl)c1C(O)C(O)C(=O)O. The van der Waals surface area contributed by atoms with Crippen LogP contribution in [0.5, 0.6) is 0 Å². The second kappa shape index (κ2) is 4.48. The summed E-state index contributed by atoms with van der Waals surface area (Å²) >= 11 is 5.73. The number of nitrogens with two attached hydrogens (primary N) is 1. The van der Waals surface area contributed by atoms with Crippen molar-refractivity contribution in [2.75, 3.05) is 5.73 Å². The van der Waals surface area contributed by atoms with Crippen molar-refractivity contribution in [2.45, 2.75) is 12.2 Å². The molecule has 0 amide bonds. The Hall–Kier alpha value is -1.30. The molecule has 0 saturated heterocycles. The number of aliphatic carboxylic acids is 1. The van der Waals surface area contributed by atoms with Crippen LogP contribution in [0.2, 0.25) is 5.02 Å². The molecule has 1 rings (SSSR count). The molecule has 15 heavy (non-hydrogen) atoms. The van der Waals surface area contributed by atoms with Gasteiger partial charge >= 0.3 is 5.97 Å². The molecule has 2 unspecified atom stereocenters. The fourth-order valence-corrected chi connectivity index (χ4v) is 1.45. The van der Waals surface area contributed by atoms with Crippen LogP contribution in [0.25, 0.3) is 0 Å². The zero-order valence-electron chi connectivity index (χ0n) is 7.59. The van der Waals surface area contributed by atoms with Gasteiger partial charge in [-0.25, -0.2) is 4.79 Å². The average Bonchev–Trinajstić information content (AvgIpc) is 2.15. The first-order valence-electron chi connectivity index (χ1n) is 4.08. The Morgan fingerprint density at radius 2 is 2.00 bits per heavy atom. The predicted molar refractivity (Wildman–Crippen MR) is 54.5 cm³/mol. The van der Waals surface area contributed by atoms with Gasteiger partial charge in [-0.15, -0.1) is 0 Å². The van der Waals surface area contributed by atoms with Crippen molar-refractivity contribution in [3.63, 3.8) is 0 Å². The summed E-state index contributed by atoms with van der Waals surface area (Å²) in [6.07, 6.45) is -3.59. The Bertz CT molecular complexity index is 362. The number of halogens is 1. The van der Waals surface area contributed by atoms with Gasteiger partial charge in [-0.1, -0.05) is 17.7 Å². The number of rotatable bonds is 3. The van der Waals surface area contributed by atoms with Gasteiger partial charge < -0.3 is 21.1 Å². The van der Waals surface area contributed by atoms with Gasteiger partial charge in [0.2, 0.25) is 0 Å². The maximum absolute atomic E-state index is 10.4. The Morgan fingerprint density at radius 3 is 2.47 bits per heavy atom. The molecule has 1 aromatic carbocycles. The molecule has 0 radical (unpaired) electrons. The molecule has 0 aliphatic carbocycles. The molecule has 82 valence electrons. The van der Waals surface area contributed by atoms with Gasteiger partial charge in [0, 0.05) is 16.3 Å². The van der Waals surface area contributed by atoms with Gasteiger partial charge in [-0.3, -0.25) is 0 Å². The first-order valence-corrected chi connectivity index (χ1v) is 4.45. The van der Waals surface area contributed by atoms with E-state index in [9.17, 15) is 9.90 Å². The smallest absolute Gasteiger partial charge is 0.335 e. The Labute approximate surface area is 90.7 Å². The van der Waals surface area contributed by atoms with Crippen molar-refractivity contribution in [3.8, 4) is 0 Å². The highest BCUT2D eigenvalue weighted by Gasteiger charge is 2.28. The van der Waals surface area contributed by atoms with E-state index in [1.54, 1.807) is 6.07 Å². The van der Waals surface area contributed by atoms with Crippen molar-refractivity contribution < 1.29 is 20.1 Å². The van der Waals surface area contributed by atoms with Crippen molar-refractivity contribution in [1.29, 1.82) is 0 Å². The molecule has 0 aliphatic heterocycles. The molecular weight excluding hydrogens is 222 g/mol. The van der Waals surface area contributed by atoms with E-state index in [-0.39, 0.29) is 16.3 Å². The Balaban J connectivity index is 3.10. The monoisotopic (exact) mass is 231 g/mol. The van der Waals surface area contributed by atoms with Gasteiger partial charge in [0.25, 0.3) is 0 Å². The largest absolute Gasteiger partial charge is 0.479 e. The quantitative estimate of drug-likeness (QED) is 0.564. The third-order valence-corrected chi connectivity index (χ3v) is 2.26. The van der Waals surface area contributed by atoms with Crippen LogP contribution in [0, 0.1) is 0 Å². The number of hydrogen-bond donors (Lipinski definition) is 4. The van der Waals surface area contributed by atoms with E-state index in [4.69, 9.17) is 27.5 Å². The van der Waals surface area contributed by atoms with Crippen molar-refractivity contribution in [2.24, 2.45) is 0 Å². The molecule has 1 aromatic rings. The summed E-state index contributed by atoms with van der Waals surface area (Å²) in [5.74, 6) is -1.54. The van der Waals surface area contributed by atoms with Crippen LogP contribution in [0.3, 0.4) is 0 Å². The summed E-state index contributed by atoms with van der Waals surface area (Å²) in [7, 11) is 0. The maximum atomic E-state index is 10.4. The van der Waals surface area contributed by atoms with Crippen molar-refractivity contribution >= 4 is 23.3 Å². The van der Waals surface area contributed by atoms with Crippen LogP contribution in [0.1, 0.15) is 11.7 Å². The maximum Gasteiger partial charge on any atom is 0.335 e. The van der Waals surface area contributed by atoms with E-state index in [1.807, 2.05) is 0 Å². The minimum absolute atomic E-state index is 0.0223. The van der Waals surface area contributed by atoms with Crippen LogP contribution in [-0.2, 0) is 4.79 Å². The highest BCUT2D eigenvalue weighted by molar-refractivity contribution is 6.31. The lowest BCUT2D eigenvalue weighted by molar-refractivity contribution is -0.153. The lowest BCUT2D eigenvalue weighted by Gasteiger charge is -2.17. The topological polar surface area (TPSA) is 104 Å². The van der Waals surface area contributed by atoms with Crippen LogP contribution in [0.15, 0.2) is 18.2 Å². The number of benzene rings is 1. The molecule has 0 spiro atoms. The highest BCUT2D eigenvalue weighted by Crippen LogP contribution is 2.30. The molecule has 5 nitrogen and oxygen atoms in total. The molecule has 0 aliphatic rings. The van der Waals surface area contributed by atoms with Crippen LogP contribution in [-0.4, -0.2) is 27.4 Å². The highest BCUT2D eigenvalue weighted by atomic mass is 35.5. The number of carbonyl (C=O) groups is 1. The summed E-state index contributed by atoms with van der Waals surface area (Å²) in [5, 5.41) is 27.3. The second-order valence-electron chi connectivity index (χ2n) is 2.97. The fourth-order valence-electron chi connectivity index (χ4n) is 1.16. The van der Waals surface area contributed by atoms with E-state index in [1.165, 1.54) is 12.1 Å². The van der Waals surface area contributed by atoms with E-state index >= 15 is 0 Å². The standard InChI is InChI=1S/C9H10ClNO4/c10-4-2-1-3-5(11)6(4)7(12)8(13)9(14)15/h1-3,7-8,12-13H,11H2,(H,14,15). The summed E-state index contributed by atoms with van der Waals surface area (Å²) in [6.45, 7) is 0. The number of aliphatic hydroxyl groups is 2. The van der Waals surface area contributed by atoms with Crippen molar-refractivity contribution in [3.05, 3.63) is 28.8 Å². The third kappa shape index (κ3) is 2.38. The zero-order valence-corrected chi connectivity index (χ0v) is 8.35. The van der Waals surface area contributed by atoms with Crippen LogP contribution < -0.4 is 5.73 Å².